The maximum atomic E-state index is 10.9. The number of nitro groups is 1. The summed E-state index contributed by atoms with van der Waals surface area (Å²) < 4.78 is 8.85. The normalized spacial score (nSPS) is 10.7. The number of nitrogens with zero attached hydrogens (tertiary/aromatic N) is 7. The van der Waals surface area contributed by atoms with Gasteiger partial charge in [-0.3, -0.25) is 14.8 Å². The van der Waals surface area contributed by atoms with Crippen LogP contribution in [-0.2, 0) is 13.5 Å². The molecule has 124 valence electrons. The summed E-state index contributed by atoms with van der Waals surface area (Å²) in [6, 6.07) is 4.33. The zero-order valence-corrected chi connectivity index (χ0v) is 12.9. The van der Waals surface area contributed by atoms with E-state index in [2.05, 4.69) is 20.6 Å². The second-order valence-corrected chi connectivity index (χ2v) is 5.14. The van der Waals surface area contributed by atoms with E-state index in [0.717, 1.165) is 18.4 Å². The summed E-state index contributed by atoms with van der Waals surface area (Å²) in [6.07, 6.45) is 6.76. The molecule has 0 atom stereocenters. The van der Waals surface area contributed by atoms with Gasteiger partial charge in [0.25, 0.3) is 5.69 Å². The van der Waals surface area contributed by atoms with Crippen LogP contribution in [0.25, 0.3) is 5.69 Å². The van der Waals surface area contributed by atoms with E-state index in [1.807, 2.05) is 19.4 Å². The van der Waals surface area contributed by atoms with Crippen LogP contribution < -0.4 is 4.74 Å². The van der Waals surface area contributed by atoms with Crippen LogP contribution in [0.2, 0.25) is 0 Å². The van der Waals surface area contributed by atoms with E-state index in [-0.39, 0.29) is 5.69 Å². The van der Waals surface area contributed by atoms with Crippen molar-refractivity contribution in [2.24, 2.45) is 7.05 Å². The van der Waals surface area contributed by atoms with E-state index in [1.54, 1.807) is 10.7 Å². The molecule has 2 heterocycles. The van der Waals surface area contributed by atoms with E-state index in [1.165, 1.54) is 23.1 Å². The fourth-order valence-electron chi connectivity index (χ4n) is 2.25. The van der Waals surface area contributed by atoms with Crippen LogP contribution in [0.4, 0.5) is 5.69 Å². The van der Waals surface area contributed by atoms with Crippen molar-refractivity contribution in [2.45, 2.75) is 12.8 Å². The first-order valence-electron chi connectivity index (χ1n) is 7.25. The van der Waals surface area contributed by atoms with E-state index >= 15 is 0 Å². The van der Waals surface area contributed by atoms with Gasteiger partial charge >= 0.3 is 0 Å². The van der Waals surface area contributed by atoms with E-state index in [0.29, 0.717) is 18.0 Å². The van der Waals surface area contributed by atoms with Gasteiger partial charge in [-0.15, -0.1) is 5.10 Å². The molecule has 0 radical (unpaired) electrons. The Morgan fingerprint density at radius 1 is 1.38 bits per heavy atom. The Morgan fingerprint density at radius 2 is 2.25 bits per heavy atom. The van der Waals surface area contributed by atoms with E-state index < -0.39 is 4.92 Å². The van der Waals surface area contributed by atoms with Crippen molar-refractivity contribution in [3.63, 3.8) is 0 Å². The minimum atomic E-state index is -0.472. The summed E-state index contributed by atoms with van der Waals surface area (Å²) in [5, 5.41) is 25.9. The highest BCUT2D eigenvalue weighted by Crippen LogP contribution is 2.27. The average molecular weight is 329 g/mol. The van der Waals surface area contributed by atoms with Crippen molar-refractivity contribution < 1.29 is 9.66 Å². The SMILES string of the molecule is Cn1cc(CCCOc2ccc([N+](=O)[O-])cc2-n2cnnn2)cn1. The van der Waals surface area contributed by atoms with Crippen LogP contribution in [-0.4, -0.2) is 41.5 Å². The second kappa shape index (κ2) is 6.86. The molecular weight excluding hydrogens is 314 g/mol. The van der Waals surface area contributed by atoms with Crippen molar-refractivity contribution in [1.82, 2.24) is 30.0 Å². The summed E-state index contributed by atoms with van der Waals surface area (Å²) in [6.45, 7) is 0.460. The number of benzene rings is 1. The summed E-state index contributed by atoms with van der Waals surface area (Å²) in [7, 11) is 1.87. The van der Waals surface area contributed by atoms with Crippen molar-refractivity contribution in [3.8, 4) is 11.4 Å². The van der Waals surface area contributed by atoms with Crippen LogP contribution in [0.3, 0.4) is 0 Å². The lowest BCUT2D eigenvalue weighted by atomic mass is 10.2. The number of nitro benzene ring substituents is 1. The van der Waals surface area contributed by atoms with Gasteiger partial charge in [-0.05, 0) is 34.9 Å². The van der Waals surface area contributed by atoms with Crippen LogP contribution in [0.1, 0.15) is 12.0 Å². The number of non-ortho nitro benzene ring substituents is 1. The molecule has 0 unspecified atom stereocenters. The quantitative estimate of drug-likeness (QED) is 0.365. The zero-order valence-electron chi connectivity index (χ0n) is 12.9. The molecule has 0 amide bonds. The highest BCUT2D eigenvalue weighted by atomic mass is 16.6. The monoisotopic (exact) mass is 329 g/mol. The Bertz CT molecular complexity index is 829. The third-order valence-corrected chi connectivity index (χ3v) is 3.37. The molecule has 3 rings (SSSR count). The van der Waals surface area contributed by atoms with Crippen LogP contribution >= 0.6 is 0 Å². The number of aromatic nitrogens is 6. The summed E-state index contributed by atoms with van der Waals surface area (Å²) in [4.78, 5) is 10.5. The molecule has 24 heavy (non-hydrogen) atoms. The van der Waals surface area contributed by atoms with E-state index in [4.69, 9.17) is 4.74 Å². The maximum absolute atomic E-state index is 10.9. The molecule has 0 saturated carbocycles. The number of hydrogen-bond donors (Lipinski definition) is 0. The Morgan fingerprint density at radius 3 is 2.92 bits per heavy atom. The molecular formula is C14H15N7O3. The molecule has 0 N–H and O–H groups in total. The van der Waals surface area contributed by atoms with Crippen molar-refractivity contribution >= 4 is 5.69 Å². The van der Waals surface area contributed by atoms with Crippen LogP contribution in [0, 0.1) is 10.1 Å². The lowest BCUT2D eigenvalue weighted by Crippen LogP contribution is -2.05. The standard InChI is InChI=1S/C14H15N7O3/c1-19-9-11(8-16-19)3-2-6-24-14-5-4-12(21(22)23)7-13(14)20-10-15-17-18-20/h4-5,7-10H,2-3,6H2,1H3. The highest BCUT2D eigenvalue weighted by molar-refractivity contribution is 5.52. The van der Waals surface area contributed by atoms with Gasteiger partial charge in [0.1, 0.15) is 17.8 Å². The molecule has 0 aliphatic rings. The summed E-state index contributed by atoms with van der Waals surface area (Å²) in [5.74, 6) is 0.485. The highest BCUT2D eigenvalue weighted by Gasteiger charge is 2.14. The predicted molar refractivity (Wildman–Crippen MR) is 82.8 cm³/mol. The third kappa shape index (κ3) is 3.54. The number of tetrazole rings is 1. The summed E-state index contributed by atoms with van der Waals surface area (Å²) >= 11 is 0. The number of aryl methyl sites for hydroxylation is 2. The first kappa shape index (κ1) is 15.6. The second-order valence-electron chi connectivity index (χ2n) is 5.14. The first-order valence-corrected chi connectivity index (χ1v) is 7.25. The smallest absolute Gasteiger partial charge is 0.271 e. The van der Waals surface area contributed by atoms with Gasteiger partial charge in [0.15, 0.2) is 0 Å². The number of rotatable bonds is 7. The fourth-order valence-corrected chi connectivity index (χ4v) is 2.25. The molecule has 0 saturated heterocycles. The number of ether oxygens (including phenoxy) is 1. The molecule has 10 heteroatoms. The van der Waals surface area contributed by atoms with Gasteiger partial charge in [-0.25, -0.2) is 0 Å². The Kier molecular flexibility index (Phi) is 4.45. The zero-order chi connectivity index (χ0) is 16.9. The molecule has 2 aromatic heterocycles. The summed E-state index contributed by atoms with van der Waals surface area (Å²) in [5.41, 5.74) is 1.50. The molecule has 0 fully saturated rings. The van der Waals surface area contributed by atoms with E-state index in [9.17, 15) is 10.1 Å². The van der Waals surface area contributed by atoms with Crippen molar-refractivity contribution in [1.29, 1.82) is 0 Å². The van der Waals surface area contributed by atoms with Gasteiger partial charge in [0, 0.05) is 25.4 Å². The largest absolute Gasteiger partial charge is 0.491 e. The third-order valence-electron chi connectivity index (χ3n) is 3.37. The number of hydrogen-bond acceptors (Lipinski definition) is 7. The minimum absolute atomic E-state index is 0.0526. The molecule has 0 spiro atoms. The molecule has 3 aromatic rings. The Labute approximate surface area is 136 Å². The Balaban J connectivity index is 1.69. The fraction of sp³-hybridized carbons (Fsp3) is 0.286. The molecule has 0 aliphatic heterocycles. The minimum Gasteiger partial charge on any atom is -0.491 e. The van der Waals surface area contributed by atoms with Gasteiger partial charge in [-0.2, -0.15) is 9.78 Å². The topological polar surface area (TPSA) is 114 Å². The first-order chi connectivity index (χ1) is 11.6. The predicted octanol–water partition coefficient (Wildman–Crippen LogP) is 1.32. The van der Waals surface area contributed by atoms with Crippen LogP contribution in [0.15, 0.2) is 36.9 Å². The van der Waals surface area contributed by atoms with Crippen molar-refractivity contribution in [3.05, 3.63) is 52.6 Å². The van der Waals surface area contributed by atoms with Gasteiger partial charge in [-0.1, -0.05) is 0 Å². The molecule has 0 aliphatic carbocycles. The average Bonchev–Trinajstić information content (AvgIpc) is 3.23. The maximum Gasteiger partial charge on any atom is 0.271 e. The lowest BCUT2D eigenvalue weighted by Gasteiger charge is -2.10. The molecule has 10 nitrogen and oxygen atoms in total. The Hall–Kier alpha value is -3.30. The van der Waals surface area contributed by atoms with Gasteiger partial charge in [0.05, 0.1) is 17.7 Å². The van der Waals surface area contributed by atoms with Gasteiger partial charge < -0.3 is 4.74 Å². The lowest BCUT2D eigenvalue weighted by molar-refractivity contribution is -0.384. The molecule has 1 aromatic carbocycles. The van der Waals surface area contributed by atoms with Crippen molar-refractivity contribution in [2.75, 3.05) is 6.61 Å². The van der Waals surface area contributed by atoms with Gasteiger partial charge in [0.2, 0.25) is 0 Å². The molecule has 0 bridgehead atoms. The van der Waals surface area contributed by atoms with Crippen LogP contribution in [0.5, 0.6) is 5.75 Å².